The number of carbonyl (C=O) groups excluding carboxylic acids is 1. The summed E-state index contributed by atoms with van der Waals surface area (Å²) in [6.07, 6.45) is 4.88. The minimum absolute atomic E-state index is 0. The van der Waals surface area contributed by atoms with Gasteiger partial charge in [0.1, 0.15) is 12.4 Å². The molecule has 0 spiro atoms. The first-order valence-electron chi connectivity index (χ1n) is 7.80. The van der Waals surface area contributed by atoms with Crippen molar-refractivity contribution >= 4 is 24.6 Å². The Morgan fingerprint density at radius 3 is 2.48 bits per heavy atom. The Morgan fingerprint density at radius 2 is 1.83 bits per heavy atom. The highest BCUT2D eigenvalue weighted by atomic mass is 35.5. The molecule has 5 nitrogen and oxygen atoms in total. The fourth-order valence-corrected chi connectivity index (χ4v) is 1.79. The zero-order chi connectivity index (χ0) is 16.0. The SMILES string of the molecule is CCON=Cc1ccc(OCCCCCC(=O)OCC)cc1.Cl. The zero-order valence-electron chi connectivity index (χ0n) is 13.8. The van der Waals surface area contributed by atoms with Gasteiger partial charge in [0, 0.05) is 6.42 Å². The number of rotatable bonds is 11. The minimum atomic E-state index is -0.118. The van der Waals surface area contributed by atoms with Gasteiger partial charge >= 0.3 is 5.97 Å². The van der Waals surface area contributed by atoms with E-state index in [2.05, 4.69) is 5.16 Å². The van der Waals surface area contributed by atoms with Gasteiger partial charge in [-0.15, -0.1) is 12.4 Å². The van der Waals surface area contributed by atoms with Crippen LogP contribution in [-0.4, -0.2) is 32.0 Å². The smallest absolute Gasteiger partial charge is 0.305 e. The van der Waals surface area contributed by atoms with E-state index in [1.54, 1.807) is 6.21 Å². The molecule has 0 heterocycles. The van der Waals surface area contributed by atoms with E-state index in [1.165, 1.54) is 0 Å². The zero-order valence-corrected chi connectivity index (χ0v) is 14.6. The summed E-state index contributed by atoms with van der Waals surface area (Å²) in [4.78, 5) is 16.1. The third kappa shape index (κ3) is 10.6. The standard InChI is InChI=1S/C17H25NO4.ClH/c1-3-20-17(19)8-6-5-7-13-21-16-11-9-15(10-12-16)14-18-22-4-2;/h9-12,14H,3-8,13H2,1-2H3;1H. The monoisotopic (exact) mass is 343 g/mol. The first-order chi connectivity index (χ1) is 10.8. The fraction of sp³-hybridized carbons (Fsp3) is 0.529. The van der Waals surface area contributed by atoms with Crippen molar-refractivity contribution in [2.45, 2.75) is 39.5 Å². The van der Waals surface area contributed by atoms with Gasteiger partial charge in [-0.1, -0.05) is 5.16 Å². The molecule has 0 unspecified atom stereocenters. The molecule has 0 aliphatic rings. The normalized spacial score (nSPS) is 10.2. The maximum absolute atomic E-state index is 11.2. The fourth-order valence-electron chi connectivity index (χ4n) is 1.79. The van der Waals surface area contributed by atoms with E-state index in [-0.39, 0.29) is 18.4 Å². The third-order valence-electron chi connectivity index (χ3n) is 2.88. The van der Waals surface area contributed by atoms with Gasteiger partial charge in [-0.25, -0.2) is 0 Å². The number of hydrogen-bond acceptors (Lipinski definition) is 5. The summed E-state index contributed by atoms with van der Waals surface area (Å²) in [6.45, 7) is 5.37. The molecule has 6 heteroatoms. The Hall–Kier alpha value is -1.75. The molecule has 0 aliphatic heterocycles. The average Bonchev–Trinajstić information content (AvgIpc) is 2.52. The lowest BCUT2D eigenvalue weighted by molar-refractivity contribution is -0.143. The number of oxime groups is 1. The van der Waals surface area contributed by atoms with Crippen LogP contribution in [0, 0.1) is 0 Å². The average molecular weight is 344 g/mol. The molecule has 0 saturated carbocycles. The number of hydrogen-bond donors (Lipinski definition) is 0. The van der Waals surface area contributed by atoms with Gasteiger partial charge in [0.15, 0.2) is 0 Å². The Kier molecular flexibility index (Phi) is 12.8. The second-order valence-electron chi connectivity index (χ2n) is 4.69. The van der Waals surface area contributed by atoms with E-state index >= 15 is 0 Å². The minimum Gasteiger partial charge on any atom is -0.494 e. The van der Waals surface area contributed by atoms with Gasteiger partial charge in [-0.3, -0.25) is 4.79 Å². The number of carbonyl (C=O) groups is 1. The van der Waals surface area contributed by atoms with Crippen LogP contribution in [0.2, 0.25) is 0 Å². The highest BCUT2D eigenvalue weighted by molar-refractivity contribution is 5.85. The molecule has 0 bridgehead atoms. The highest BCUT2D eigenvalue weighted by Gasteiger charge is 2.01. The van der Waals surface area contributed by atoms with Gasteiger partial charge in [0.05, 0.1) is 19.4 Å². The van der Waals surface area contributed by atoms with Crippen molar-refractivity contribution in [3.8, 4) is 5.75 Å². The summed E-state index contributed by atoms with van der Waals surface area (Å²) in [5, 5.41) is 3.81. The van der Waals surface area contributed by atoms with Gasteiger partial charge in [0.25, 0.3) is 0 Å². The van der Waals surface area contributed by atoms with Crippen molar-refractivity contribution in [3.63, 3.8) is 0 Å². The Balaban J connectivity index is 0.00000484. The number of unbranched alkanes of at least 4 members (excludes halogenated alkanes) is 2. The Morgan fingerprint density at radius 1 is 1.09 bits per heavy atom. The van der Waals surface area contributed by atoms with Gasteiger partial charge < -0.3 is 14.3 Å². The van der Waals surface area contributed by atoms with Crippen molar-refractivity contribution in [3.05, 3.63) is 29.8 Å². The lowest BCUT2D eigenvalue weighted by Crippen LogP contribution is -2.04. The molecule has 0 atom stereocenters. The summed E-state index contributed by atoms with van der Waals surface area (Å²) < 4.78 is 10.5. The molecule has 0 amide bonds. The molecule has 130 valence electrons. The molecule has 23 heavy (non-hydrogen) atoms. The highest BCUT2D eigenvalue weighted by Crippen LogP contribution is 2.12. The van der Waals surface area contributed by atoms with Crippen LogP contribution in [0.5, 0.6) is 5.75 Å². The van der Waals surface area contributed by atoms with Crippen LogP contribution in [0.25, 0.3) is 0 Å². The van der Waals surface area contributed by atoms with Crippen LogP contribution >= 0.6 is 12.4 Å². The predicted molar refractivity (Wildman–Crippen MR) is 93.5 cm³/mol. The molecular formula is C17H26ClNO4. The Bertz CT molecular complexity index is 448. The third-order valence-corrected chi connectivity index (χ3v) is 2.88. The second-order valence-corrected chi connectivity index (χ2v) is 4.69. The van der Waals surface area contributed by atoms with Crippen LogP contribution in [0.4, 0.5) is 0 Å². The topological polar surface area (TPSA) is 57.1 Å². The molecule has 0 aromatic heterocycles. The quantitative estimate of drug-likeness (QED) is 0.264. The molecule has 0 aliphatic carbocycles. The molecule has 0 saturated heterocycles. The first-order valence-corrected chi connectivity index (χ1v) is 7.80. The molecule has 0 N–H and O–H groups in total. The van der Waals surface area contributed by atoms with Gasteiger partial charge in [0.2, 0.25) is 0 Å². The van der Waals surface area contributed by atoms with Crippen LogP contribution in [0.3, 0.4) is 0 Å². The van der Waals surface area contributed by atoms with Crippen LogP contribution in [-0.2, 0) is 14.4 Å². The van der Waals surface area contributed by atoms with E-state index < -0.39 is 0 Å². The molecule has 1 rings (SSSR count). The van der Waals surface area contributed by atoms with Crippen LogP contribution < -0.4 is 4.74 Å². The predicted octanol–water partition coefficient (Wildman–Crippen LogP) is 3.98. The number of benzene rings is 1. The van der Waals surface area contributed by atoms with Gasteiger partial charge in [-0.2, -0.15) is 0 Å². The Labute approximate surface area is 144 Å². The van der Waals surface area contributed by atoms with Crippen LogP contribution in [0.15, 0.2) is 29.4 Å². The van der Waals surface area contributed by atoms with Gasteiger partial charge in [-0.05, 0) is 62.9 Å². The summed E-state index contributed by atoms with van der Waals surface area (Å²) >= 11 is 0. The van der Waals surface area contributed by atoms with Crippen molar-refractivity contribution < 1.29 is 19.1 Å². The van der Waals surface area contributed by atoms with Crippen molar-refractivity contribution in [1.29, 1.82) is 0 Å². The number of esters is 1. The van der Waals surface area contributed by atoms with E-state index in [0.29, 0.717) is 26.2 Å². The lowest BCUT2D eigenvalue weighted by Gasteiger charge is -2.06. The van der Waals surface area contributed by atoms with E-state index in [0.717, 1.165) is 30.6 Å². The lowest BCUT2D eigenvalue weighted by atomic mass is 10.2. The van der Waals surface area contributed by atoms with Crippen molar-refractivity contribution in [2.75, 3.05) is 19.8 Å². The number of halogens is 1. The maximum atomic E-state index is 11.2. The second kappa shape index (κ2) is 13.9. The summed E-state index contributed by atoms with van der Waals surface area (Å²) in [7, 11) is 0. The number of ether oxygens (including phenoxy) is 2. The maximum Gasteiger partial charge on any atom is 0.305 e. The molecular weight excluding hydrogens is 318 g/mol. The van der Waals surface area contributed by atoms with Crippen LogP contribution in [0.1, 0.15) is 45.1 Å². The summed E-state index contributed by atoms with van der Waals surface area (Å²) in [5.41, 5.74) is 0.968. The van der Waals surface area contributed by atoms with Crippen molar-refractivity contribution in [1.82, 2.24) is 0 Å². The first kappa shape index (κ1) is 21.2. The number of nitrogens with zero attached hydrogens (tertiary/aromatic N) is 1. The molecule has 0 radical (unpaired) electrons. The van der Waals surface area contributed by atoms with E-state index in [9.17, 15) is 4.79 Å². The molecule has 1 aromatic rings. The molecule has 0 fully saturated rings. The largest absolute Gasteiger partial charge is 0.494 e. The summed E-state index contributed by atoms with van der Waals surface area (Å²) in [6, 6.07) is 7.68. The summed E-state index contributed by atoms with van der Waals surface area (Å²) in [5.74, 6) is 0.715. The van der Waals surface area contributed by atoms with E-state index in [4.69, 9.17) is 14.3 Å². The van der Waals surface area contributed by atoms with E-state index in [1.807, 2.05) is 38.1 Å². The molecule has 1 aromatic carbocycles. The van der Waals surface area contributed by atoms with Crippen molar-refractivity contribution in [2.24, 2.45) is 5.16 Å².